The molecule has 1 saturated carbocycles. The number of amides is 1. The number of hydrogen-bond acceptors (Lipinski definition) is 5. The van der Waals surface area contributed by atoms with Gasteiger partial charge in [0.25, 0.3) is 0 Å². The van der Waals surface area contributed by atoms with Crippen molar-refractivity contribution >= 4 is 5.91 Å². The van der Waals surface area contributed by atoms with Crippen LogP contribution in [0.2, 0.25) is 0 Å². The van der Waals surface area contributed by atoms with E-state index in [0.29, 0.717) is 52.2 Å². The van der Waals surface area contributed by atoms with Crippen molar-refractivity contribution in [3.63, 3.8) is 0 Å². The predicted octanol–water partition coefficient (Wildman–Crippen LogP) is 1.09. The maximum Gasteiger partial charge on any atom is 0.243 e. The largest absolute Gasteiger partial charge is 0.392 e. The Balaban J connectivity index is 1.64. The van der Waals surface area contributed by atoms with Gasteiger partial charge in [0.1, 0.15) is 5.41 Å². The molecule has 0 aromatic heterocycles. The van der Waals surface area contributed by atoms with Gasteiger partial charge in [0.15, 0.2) is 0 Å². The lowest BCUT2D eigenvalue weighted by Gasteiger charge is -2.57. The number of carbonyl (C=O) groups excluding carboxylic acids is 1. The lowest BCUT2D eigenvalue weighted by molar-refractivity contribution is -0.211. The molecule has 23 heavy (non-hydrogen) atoms. The predicted molar refractivity (Wildman–Crippen MR) is 82.4 cm³/mol. The van der Waals surface area contributed by atoms with E-state index in [1.165, 1.54) is 0 Å². The molecule has 0 aromatic rings. The molecule has 0 aromatic carbocycles. The topological polar surface area (TPSA) is 82.8 Å². The van der Waals surface area contributed by atoms with Crippen molar-refractivity contribution < 1.29 is 19.4 Å². The average molecular weight is 322 g/mol. The number of aliphatic hydroxyl groups is 1. The molecule has 6 heteroatoms. The molecule has 0 unspecified atom stereocenters. The third-order valence-electron chi connectivity index (χ3n) is 6.06. The van der Waals surface area contributed by atoms with Gasteiger partial charge in [-0.3, -0.25) is 4.79 Å². The summed E-state index contributed by atoms with van der Waals surface area (Å²) < 4.78 is 11.1. The smallest absolute Gasteiger partial charge is 0.243 e. The van der Waals surface area contributed by atoms with Crippen LogP contribution in [0.4, 0.5) is 0 Å². The van der Waals surface area contributed by atoms with E-state index in [1.807, 2.05) is 11.8 Å². The van der Waals surface area contributed by atoms with Gasteiger partial charge in [-0.2, -0.15) is 5.26 Å². The fourth-order valence-electron chi connectivity index (χ4n) is 4.34. The van der Waals surface area contributed by atoms with Crippen molar-refractivity contribution in [2.75, 3.05) is 32.9 Å². The first kappa shape index (κ1) is 16.7. The average Bonchev–Trinajstić information content (AvgIpc) is 2.61. The van der Waals surface area contributed by atoms with Crippen LogP contribution in [0.1, 0.15) is 39.0 Å². The highest BCUT2D eigenvalue weighted by Crippen LogP contribution is 2.51. The van der Waals surface area contributed by atoms with E-state index in [2.05, 4.69) is 6.07 Å². The van der Waals surface area contributed by atoms with E-state index >= 15 is 0 Å². The minimum absolute atomic E-state index is 0.0556. The van der Waals surface area contributed by atoms with Gasteiger partial charge in [0, 0.05) is 44.7 Å². The fraction of sp³-hybridized carbons (Fsp3) is 0.882. The minimum atomic E-state index is -0.916. The summed E-state index contributed by atoms with van der Waals surface area (Å²) in [5.74, 6) is -0.0556. The summed E-state index contributed by atoms with van der Waals surface area (Å²) >= 11 is 0. The summed E-state index contributed by atoms with van der Waals surface area (Å²) in [5, 5.41) is 19.8. The highest BCUT2D eigenvalue weighted by molar-refractivity contribution is 5.85. The van der Waals surface area contributed by atoms with Crippen LogP contribution in [0.25, 0.3) is 0 Å². The van der Waals surface area contributed by atoms with Crippen LogP contribution in [-0.4, -0.2) is 61.0 Å². The second-order valence-electron chi connectivity index (χ2n) is 7.03. The first-order chi connectivity index (χ1) is 11.1. The summed E-state index contributed by atoms with van der Waals surface area (Å²) in [7, 11) is 0. The maximum absolute atomic E-state index is 12.9. The second-order valence-corrected chi connectivity index (χ2v) is 7.03. The van der Waals surface area contributed by atoms with Crippen LogP contribution in [0.5, 0.6) is 0 Å². The number of piperidine rings is 1. The zero-order chi connectivity index (χ0) is 16.5. The first-order valence-electron chi connectivity index (χ1n) is 8.66. The zero-order valence-electron chi connectivity index (χ0n) is 13.8. The van der Waals surface area contributed by atoms with E-state index < -0.39 is 5.41 Å². The number of likely N-dealkylation sites (tertiary alicyclic amines) is 1. The van der Waals surface area contributed by atoms with Crippen LogP contribution in [0, 0.1) is 22.2 Å². The number of rotatable bonds is 3. The van der Waals surface area contributed by atoms with Crippen molar-refractivity contribution in [3.8, 4) is 6.07 Å². The fourth-order valence-corrected chi connectivity index (χ4v) is 4.34. The Morgan fingerprint density at radius 2 is 2.00 bits per heavy atom. The van der Waals surface area contributed by atoms with Gasteiger partial charge in [-0.1, -0.05) is 0 Å². The molecule has 1 amide bonds. The molecule has 2 atom stereocenters. The molecule has 3 rings (SSSR count). The standard InChI is InChI=1S/C17H26N2O4/c1-2-23-14-11-13(20)17(14)3-7-19(8-4-17)15(21)16(12-18)5-9-22-10-6-16/h13-14,20H,2-11H2,1H3/t13-,14+/m0/s1. The number of ether oxygens (including phenoxy) is 2. The van der Waals surface area contributed by atoms with E-state index in [1.54, 1.807) is 0 Å². The lowest BCUT2D eigenvalue weighted by Crippen LogP contribution is -2.63. The molecule has 1 N–H and O–H groups in total. The number of nitriles is 1. The van der Waals surface area contributed by atoms with Gasteiger partial charge in [-0.05, 0) is 32.6 Å². The van der Waals surface area contributed by atoms with Crippen molar-refractivity contribution in [3.05, 3.63) is 0 Å². The molecule has 0 radical (unpaired) electrons. The minimum Gasteiger partial charge on any atom is -0.392 e. The molecule has 1 spiro atoms. The van der Waals surface area contributed by atoms with Gasteiger partial charge in [-0.25, -0.2) is 0 Å². The molecule has 128 valence electrons. The maximum atomic E-state index is 12.9. The van der Waals surface area contributed by atoms with Crippen LogP contribution in [-0.2, 0) is 14.3 Å². The van der Waals surface area contributed by atoms with E-state index in [0.717, 1.165) is 12.8 Å². The van der Waals surface area contributed by atoms with Gasteiger partial charge >= 0.3 is 0 Å². The molecule has 1 aliphatic carbocycles. The number of aliphatic hydroxyl groups excluding tert-OH is 1. The number of hydrogen-bond donors (Lipinski definition) is 1. The van der Waals surface area contributed by atoms with Crippen molar-refractivity contribution in [1.82, 2.24) is 4.90 Å². The van der Waals surface area contributed by atoms with Crippen molar-refractivity contribution in [2.24, 2.45) is 10.8 Å². The van der Waals surface area contributed by atoms with E-state index in [-0.39, 0.29) is 23.5 Å². The summed E-state index contributed by atoms with van der Waals surface area (Å²) in [6.45, 7) is 4.77. The summed E-state index contributed by atoms with van der Waals surface area (Å²) in [5.41, 5.74) is -1.11. The molecule has 3 aliphatic rings. The van der Waals surface area contributed by atoms with Crippen LogP contribution >= 0.6 is 0 Å². The van der Waals surface area contributed by atoms with Gasteiger partial charge in [0.05, 0.1) is 18.3 Å². The second kappa shape index (κ2) is 6.39. The molecular formula is C17H26N2O4. The van der Waals surface area contributed by atoms with Crippen LogP contribution < -0.4 is 0 Å². The SMILES string of the molecule is CCO[C@@H]1C[C@H](O)C12CCN(C(=O)C1(C#N)CCOCC1)CC2. The van der Waals surface area contributed by atoms with Crippen molar-refractivity contribution in [1.29, 1.82) is 5.26 Å². The van der Waals surface area contributed by atoms with Gasteiger partial charge in [0.2, 0.25) is 5.91 Å². The molecule has 0 bridgehead atoms. The van der Waals surface area contributed by atoms with Crippen LogP contribution in [0.15, 0.2) is 0 Å². The highest BCUT2D eigenvalue weighted by atomic mass is 16.5. The molecule has 2 saturated heterocycles. The lowest BCUT2D eigenvalue weighted by atomic mass is 9.58. The molecular weight excluding hydrogens is 296 g/mol. The van der Waals surface area contributed by atoms with Crippen LogP contribution in [0.3, 0.4) is 0 Å². The molecule has 6 nitrogen and oxygen atoms in total. The Labute approximate surface area is 137 Å². The monoisotopic (exact) mass is 322 g/mol. The summed E-state index contributed by atoms with van der Waals surface area (Å²) in [6.07, 6.45) is 2.94. The normalized spacial score (nSPS) is 32.1. The molecule has 2 aliphatic heterocycles. The highest BCUT2D eigenvalue weighted by Gasteiger charge is 2.57. The number of carbonyl (C=O) groups is 1. The molecule has 3 fully saturated rings. The Kier molecular flexibility index (Phi) is 4.63. The molecule has 2 heterocycles. The first-order valence-corrected chi connectivity index (χ1v) is 8.66. The van der Waals surface area contributed by atoms with E-state index in [4.69, 9.17) is 9.47 Å². The Morgan fingerprint density at radius 3 is 2.52 bits per heavy atom. The zero-order valence-corrected chi connectivity index (χ0v) is 13.8. The summed E-state index contributed by atoms with van der Waals surface area (Å²) in [4.78, 5) is 14.7. The summed E-state index contributed by atoms with van der Waals surface area (Å²) in [6, 6.07) is 2.26. The Hall–Kier alpha value is -1.16. The Morgan fingerprint density at radius 1 is 1.35 bits per heavy atom. The van der Waals surface area contributed by atoms with Gasteiger partial charge in [-0.15, -0.1) is 0 Å². The quantitative estimate of drug-likeness (QED) is 0.841. The Bertz CT molecular complexity index is 485. The third kappa shape index (κ3) is 2.65. The van der Waals surface area contributed by atoms with Crippen molar-refractivity contribution in [2.45, 2.75) is 51.2 Å². The van der Waals surface area contributed by atoms with E-state index in [9.17, 15) is 15.2 Å². The number of nitrogens with zero attached hydrogens (tertiary/aromatic N) is 2. The van der Waals surface area contributed by atoms with Gasteiger partial charge < -0.3 is 19.5 Å². The third-order valence-corrected chi connectivity index (χ3v) is 6.06.